The van der Waals surface area contributed by atoms with Gasteiger partial charge in [0.15, 0.2) is 5.78 Å². The lowest BCUT2D eigenvalue weighted by Gasteiger charge is -2.37. The molecule has 0 saturated carbocycles. The second kappa shape index (κ2) is 9.93. The van der Waals surface area contributed by atoms with Crippen LogP contribution >= 0.6 is 22.7 Å². The monoisotopic (exact) mass is 547 g/mol. The van der Waals surface area contributed by atoms with Crippen molar-refractivity contribution in [3.8, 4) is 0 Å². The Morgan fingerprint density at radius 2 is 1.68 bits per heavy atom. The van der Waals surface area contributed by atoms with Gasteiger partial charge in [-0.15, -0.1) is 22.7 Å². The second-order valence-electron chi connectivity index (χ2n) is 9.81. The maximum absolute atomic E-state index is 14.4. The molecule has 0 spiro atoms. The van der Waals surface area contributed by atoms with Gasteiger partial charge in [-0.3, -0.25) is 9.59 Å². The minimum Gasteiger partial charge on any atom is -0.479 e. The summed E-state index contributed by atoms with van der Waals surface area (Å²) in [4.78, 5) is 44.4. The van der Waals surface area contributed by atoms with Crippen LogP contribution in [0.1, 0.15) is 60.5 Å². The van der Waals surface area contributed by atoms with Crippen molar-refractivity contribution in [1.82, 2.24) is 4.90 Å². The van der Waals surface area contributed by atoms with Crippen LogP contribution in [0.2, 0.25) is 0 Å². The molecule has 8 heteroatoms. The molecule has 0 aliphatic carbocycles. The van der Waals surface area contributed by atoms with E-state index < -0.39 is 41.1 Å². The van der Waals surface area contributed by atoms with Crippen molar-refractivity contribution < 1.29 is 23.9 Å². The number of nitrogens with zero attached hydrogens (tertiary/aromatic N) is 1. The number of carboxylic acid groups (broad SMARTS) is 1. The van der Waals surface area contributed by atoms with E-state index in [4.69, 9.17) is 0 Å². The molecule has 194 valence electrons. The highest BCUT2D eigenvalue weighted by Crippen LogP contribution is 2.58. The van der Waals surface area contributed by atoms with E-state index in [1.54, 1.807) is 35.7 Å². The number of rotatable bonds is 6. The first kappa shape index (κ1) is 26.0. The SMILES string of the molecule is Cc1cccc(C(=O)C2C(c3sccc3C)N(C(=O)c3cccs3)C(C)(C(=O)O)C2c2ccc(F)cc2)c1. The van der Waals surface area contributed by atoms with Gasteiger partial charge < -0.3 is 10.0 Å². The van der Waals surface area contributed by atoms with E-state index in [0.29, 0.717) is 16.0 Å². The molecular formula is C30H26FNO4S2. The van der Waals surface area contributed by atoms with Crippen LogP contribution in [-0.2, 0) is 4.79 Å². The van der Waals surface area contributed by atoms with Crippen LogP contribution in [0, 0.1) is 25.6 Å². The van der Waals surface area contributed by atoms with Crippen molar-refractivity contribution in [2.45, 2.75) is 38.3 Å². The predicted molar refractivity (Wildman–Crippen MR) is 146 cm³/mol. The van der Waals surface area contributed by atoms with Crippen LogP contribution in [0.25, 0.3) is 0 Å². The van der Waals surface area contributed by atoms with Crippen molar-refractivity contribution in [3.63, 3.8) is 0 Å². The average Bonchev–Trinajstić information content (AvgIpc) is 3.63. The minimum atomic E-state index is -1.80. The van der Waals surface area contributed by atoms with Crippen LogP contribution in [0.4, 0.5) is 4.39 Å². The number of thiophene rings is 2. The molecule has 3 heterocycles. The number of aryl methyl sites for hydroxylation is 2. The van der Waals surface area contributed by atoms with Crippen LogP contribution < -0.4 is 0 Å². The molecule has 5 rings (SSSR count). The van der Waals surface area contributed by atoms with E-state index in [1.807, 2.05) is 31.4 Å². The third kappa shape index (κ3) is 4.18. The van der Waals surface area contributed by atoms with Gasteiger partial charge in [0.2, 0.25) is 0 Å². The molecule has 1 fully saturated rings. The van der Waals surface area contributed by atoms with Crippen LogP contribution in [0.5, 0.6) is 0 Å². The predicted octanol–water partition coefficient (Wildman–Crippen LogP) is 6.89. The second-order valence-corrected chi connectivity index (χ2v) is 11.7. The fourth-order valence-electron chi connectivity index (χ4n) is 5.68. The Morgan fingerprint density at radius 3 is 2.26 bits per heavy atom. The third-order valence-corrected chi connectivity index (χ3v) is 9.42. The van der Waals surface area contributed by atoms with E-state index >= 15 is 0 Å². The number of ketones is 1. The standard InChI is InChI=1S/C30H26FNO4S2/c1-17-6-4-7-20(16-17)26(33)23-24(19-9-11-21(31)12-10-19)30(3,29(35)36)32(28(34)22-8-5-14-37-22)25(23)27-18(2)13-15-38-27/h4-16,23-25H,1-3H3,(H,35,36). The number of carboxylic acids is 1. The number of benzene rings is 2. The van der Waals surface area contributed by atoms with Crippen molar-refractivity contribution in [2.75, 3.05) is 0 Å². The lowest BCUT2D eigenvalue weighted by molar-refractivity contribution is -0.148. The Hall–Kier alpha value is -3.62. The number of aliphatic carboxylic acids is 1. The Bertz CT molecular complexity index is 1510. The number of halogens is 1. The van der Waals surface area contributed by atoms with Crippen LogP contribution in [-0.4, -0.2) is 33.2 Å². The van der Waals surface area contributed by atoms with Crippen LogP contribution in [0.15, 0.2) is 77.5 Å². The quantitative estimate of drug-likeness (QED) is 0.267. The van der Waals surface area contributed by atoms with Crippen molar-refractivity contribution in [3.05, 3.63) is 115 Å². The molecule has 1 N–H and O–H groups in total. The first-order valence-corrected chi connectivity index (χ1v) is 13.9. The minimum absolute atomic E-state index is 0.255. The van der Waals surface area contributed by atoms with Gasteiger partial charge in [-0.25, -0.2) is 9.18 Å². The summed E-state index contributed by atoms with van der Waals surface area (Å²) in [6, 6.07) is 17.2. The summed E-state index contributed by atoms with van der Waals surface area (Å²) >= 11 is 2.63. The molecule has 4 unspecified atom stereocenters. The number of amides is 1. The number of carbonyl (C=O) groups excluding carboxylic acids is 2. The number of hydrogen-bond donors (Lipinski definition) is 1. The van der Waals surface area contributed by atoms with E-state index in [0.717, 1.165) is 16.0 Å². The van der Waals surface area contributed by atoms with Crippen LogP contribution in [0.3, 0.4) is 0 Å². The highest BCUT2D eigenvalue weighted by atomic mass is 32.1. The summed E-state index contributed by atoms with van der Waals surface area (Å²) in [6.45, 7) is 5.29. The molecule has 1 aliphatic heterocycles. The molecule has 4 atom stereocenters. The average molecular weight is 548 g/mol. The zero-order valence-electron chi connectivity index (χ0n) is 21.1. The molecule has 4 aromatic rings. The Kier molecular flexibility index (Phi) is 6.79. The Morgan fingerprint density at radius 1 is 0.947 bits per heavy atom. The van der Waals surface area contributed by atoms with Gasteiger partial charge in [0.1, 0.15) is 11.4 Å². The summed E-state index contributed by atoms with van der Waals surface area (Å²) < 4.78 is 14.0. The normalized spacial score (nSPS) is 22.9. The van der Waals surface area contributed by atoms with Gasteiger partial charge in [0.05, 0.1) is 16.8 Å². The number of Topliss-reactive ketones (excluding diaryl/α,β-unsaturated/α-hetero) is 1. The van der Waals surface area contributed by atoms with E-state index in [2.05, 4.69) is 0 Å². The maximum atomic E-state index is 14.4. The van der Waals surface area contributed by atoms with Gasteiger partial charge >= 0.3 is 5.97 Å². The smallest absolute Gasteiger partial charge is 0.330 e. The highest BCUT2D eigenvalue weighted by Gasteiger charge is 2.65. The van der Waals surface area contributed by atoms with Gasteiger partial charge in [0.25, 0.3) is 5.91 Å². The zero-order valence-corrected chi connectivity index (χ0v) is 22.7. The summed E-state index contributed by atoms with van der Waals surface area (Å²) in [5.74, 6) is -4.27. The fourth-order valence-corrected chi connectivity index (χ4v) is 7.40. The molecule has 2 aromatic carbocycles. The molecular weight excluding hydrogens is 521 g/mol. The Balaban J connectivity index is 1.83. The fraction of sp³-hybridized carbons (Fsp3) is 0.233. The summed E-state index contributed by atoms with van der Waals surface area (Å²) in [5.41, 5.74) is 0.897. The topological polar surface area (TPSA) is 74.7 Å². The number of hydrogen-bond acceptors (Lipinski definition) is 5. The van der Waals surface area contributed by atoms with E-state index in [1.165, 1.54) is 58.8 Å². The molecule has 1 amide bonds. The molecule has 0 radical (unpaired) electrons. The lowest BCUT2D eigenvalue weighted by Crippen LogP contribution is -2.54. The molecule has 38 heavy (non-hydrogen) atoms. The molecule has 5 nitrogen and oxygen atoms in total. The van der Waals surface area contributed by atoms with E-state index in [-0.39, 0.29) is 5.78 Å². The maximum Gasteiger partial charge on any atom is 0.330 e. The molecule has 0 bridgehead atoms. The first-order valence-electron chi connectivity index (χ1n) is 12.2. The summed E-state index contributed by atoms with van der Waals surface area (Å²) in [6.07, 6.45) is 0. The summed E-state index contributed by atoms with van der Waals surface area (Å²) in [5, 5.41) is 14.5. The van der Waals surface area contributed by atoms with Gasteiger partial charge in [-0.05, 0) is 73.0 Å². The molecule has 2 aromatic heterocycles. The summed E-state index contributed by atoms with van der Waals surface area (Å²) in [7, 11) is 0. The zero-order chi connectivity index (χ0) is 27.2. The molecule has 1 saturated heterocycles. The van der Waals surface area contributed by atoms with Crippen molar-refractivity contribution in [1.29, 1.82) is 0 Å². The van der Waals surface area contributed by atoms with Crippen molar-refractivity contribution in [2.24, 2.45) is 5.92 Å². The lowest BCUT2D eigenvalue weighted by atomic mass is 9.72. The number of carbonyl (C=O) groups is 3. The first-order chi connectivity index (χ1) is 18.1. The largest absolute Gasteiger partial charge is 0.479 e. The van der Waals surface area contributed by atoms with Gasteiger partial charge in [0, 0.05) is 16.4 Å². The van der Waals surface area contributed by atoms with Crippen molar-refractivity contribution >= 4 is 40.3 Å². The Labute approximate surface area is 228 Å². The highest BCUT2D eigenvalue weighted by molar-refractivity contribution is 7.12. The van der Waals surface area contributed by atoms with Gasteiger partial charge in [-0.1, -0.05) is 42.0 Å². The molecule has 1 aliphatic rings. The number of likely N-dealkylation sites (tertiary alicyclic amines) is 1. The van der Waals surface area contributed by atoms with E-state index in [9.17, 15) is 23.9 Å². The van der Waals surface area contributed by atoms with Gasteiger partial charge in [-0.2, -0.15) is 0 Å². The third-order valence-electron chi connectivity index (χ3n) is 7.47.